The predicted molar refractivity (Wildman–Crippen MR) is 241 cm³/mol. The van der Waals surface area contributed by atoms with Gasteiger partial charge in [-0.1, -0.05) is 113 Å². The molecule has 5 N–H and O–H groups in total. The summed E-state index contributed by atoms with van der Waals surface area (Å²) in [6.45, 7) is 20.9. The van der Waals surface area contributed by atoms with E-state index in [1.54, 1.807) is 4.90 Å². The molecule has 60 heavy (non-hydrogen) atoms. The number of hydrogen-bond donors (Lipinski definition) is 6. The summed E-state index contributed by atoms with van der Waals surface area (Å²) in [7, 11) is 0. The Balaban J connectivity index is 2.13. The van der Waals surface area contributed by atoms with Crippen LogP contribution in [0.2, 0.25) is 0 Å². The second-order valence-electron chi connectivity index (χ2n) is 18.7. The molecule has 2 fully saturated rings. The third kappa shape index (κ3) is 14.0. The number of aliphatic imine (C=N–C) groups is 2. The van der Waals surface area contributed by atoms with E-state index in [2.05, 4.69) is 44.2 Å². The molecule has 0 aromatic heterocycles. The van der Waals surface area contributed by atoms with Crippen LogP contribution in [0.4, 0.5) is 0 Å². The Morgan fingerprint density at radius 3 is 2.22 bits per heavy atom. The van der Waals surface area contributed by atoms with Crippen LogP contribution in [-0.4, -0.2) is 102 Å². The monoisotopic (exact) mass is 851 g/mol. The second kappa shape index (κ2) is 22.4. The van der Waals surface area contributed by atoms with Gasteiger partial charge in [0.2, 0.25) is 29.5 Å². The SMILES string of the molecule is CCCCC(=O)C[C@H](/C=N/C=C\S)NC(=O)C(NC(=O)C(/N=C1\NCC(=O)N2CC[C@@H](C)[C@H]2C(=O)N[C@@H](C(C)C)C(=O)NC1C(C)(C)C)C(C)(C)C)[C@@H](C)c1ccccc1. The molecular weight excluding hydrogens is 781 g/mol. The summed E-state index contributed by atoms with van der Waals surface area (Å²) < 4.78 is 0. The van der Waals surface area contributed by atoms with E-state index >= 15 is 0 Å². The average Bonchev–Trinajstić information content (AvgIpc) is 3.57. The third-order valence-electron chi connectivity index (χ3n) is 11.1. The first-order chi connectivity index (χ1) is 28.1. The van der Waals surface area contributed by atoms with Crippen LogP contribution in [0.1, 0.15) is 120 Å². The summed E-state index contributed by atoms with van der Waals surface area (Å²) >= 11 is 4.06. The number of carbonyl (C=O) groups excluding carboxylic acids is 6. The lowest BCUT2D eigenvalue weighted by Crippen LogP contribution is -2.63. The Labute approximate surface area is 362 Å². The molecule has 1 aromatic rings. The molecule has 14 nitrogen and oxygen atoms in total. The Morgan fingerprint density at radius 2 is 1.63 bits per heavy atom. The number of amides is 5. The maximum Gasteiger partial charge on any atom is 0.246 e. The molecule has 332 valence electrons. The van der Waals surface area contributed by atoms with Crippen LogP contribution in [-0.2, 0) is 28.8 Å². The van der Waals surface area contributed by atoms with Gasteiger partial charge in [-0.25, -0.2) is 0 Å². The molecule has 0 spiro atoms. The van der Waals surface area contributed by atoms with Gasteiger partial charge >= 0.3 is 0 Å². The van der Waals surface area contributed by atoms with Crippen LogP contribution >= 0.6 is 12.6 Å². The van der Waals surface area contributed by atoms with E-state index in [-0.39, 0.29) is 48.2 Å². The number of hydrogen-bond acceptors (Lipinski definition) is 9. The number of unbranched alkanes of at least 4 members (excludes halogenated alkanes) is 1. The smallest absolute Gasteiger partial charge is 0.246 e. The third-order valence-corrected chi connectivity index (χ3v) is 11.3. The van der Waals surface area contributed by atoms with E-state index in [1.165, 1.54) is 17.8 Å². The van der Waals surface area contributed by atoms with Gasteiger partial charge in [-0.3, -0.25) is 38.8 Å². The number of fused-ring (bicyclic) bond motifs is 1. The zero-order valence-corrected chi connectivity index (χ0v) is 38.4. The van der Waals surface area contributed by atoms with Crippen molar-refractivity contribution in [3.05, 3.63) is 47.5 Å². The first kappa shape index (κ1) is 49.8. The largest absolute Gasteiger partial charge is 0.363 e. The fourth-order valence-electron chi connectivity index (χ4n) is 7.53. The molecule has 2 heterocycles. The van der Waals surface area contributed by atoms with Gasteiger partial charge in [0, 0.05) is 37.7 Å². The highest BCUT2D eigenvalue weighted by Gasteiger charge is 2.44. The number of nitrogens with zero attached hydrogens (tertiary/aromatic N) is 3. The fourth-order valence-corrected chi connectivity index (χ4v) is 7.60. The van der Waals surface area contributed by atoms with Crippen molar-refractivity contribution in [3.63, 3.8) is 0 Å². The molecule has 8 atom stereocenters. The van der Waals surface area contributed by atoms with Crippen molar-refractivity contribution in [3.8, 4) is 0 Å². The number of ketones is 1. The van der Waals surface area contributed by atoms with Crippen molar-refractivity contribution in [1.29, 1.82) is 0 Å². The summed E-state index contributed by atoms with van der Waals surface area (Å²) in [5, 5.41) is 16.7. The van der Waals surface area contributed by atoms with Crippen molar-refractivity contribution >= 4 is 60.0 Å². The molecule has 5 amide bonds. The number of Topliss-reactive ketones (excluding diaryl/α,β-unsaturated/α-hetero) is 1. The van der Waals surface area contributed by atoms with Crippen molar-refractivity contribution in [2.24, 2.45) is 32.7 Å². The number of rotatable bonds is 15. The highest BCUT2D eigenvalue weighted by molar-refractivity contribution is 7.83. The van der Waals surface area contributed by atoms with Crippen molar-refractivity contribution < 1.29 is 28.8 Å². The minimum absolute atomic E-state index is 0.0240. The van der Waals surface area contributed by atoms with E-state index in [0.29, 0.717) is 19.4 Å². The van der Waals surface area contributed by atoms with Gasteiger partial charge in [0.15, 0.2) is 0 Å². The summed E-state index contributed by atoms with van der Waals surface area (Å²) in [5.41, 5.74) is -0.725. The minimum atomic E-state index is -1.13. The lowest BCUT2D eigenvalue weighted by molar-refractivity contribution is -0.140. The Kier molecular flexibility index (Phi) is 18.6. The average molecular weight is 851 g/mol. The Bertz CT molecular complexity index is 1750. The zero-order chi connectivity index (χ0) is 44.9. The summed E-state index contributed by atoms with van der Waals surface area (Å²) in [6.07, 6.45) is 5.53. The molecule has 1 aromatic carbocycles. The number of amidine groups is 1. The lowest BCUT2D eigenvalue weighted by atomic mass is 9.83. The van der Waals surface area contributed by atoms with Crippen LogP contribution in [0.15, 0.2) is 51.9 Å². The van der Waals surface area contributed by atoms with Gasteiger partial charge < -0.3 is 31.5 Å². The van der Waals surface area contributed by atoms with Gasteiger partial charge in [-0.2, -0.15) is 0 Å². The molecule has 0 aliphatic carbocycles. The van der Waals surface area contributed by atoms with Gasteiger partial charge in [-0.15, -0.1) is 12.6 Å². The highest BCUT2D eigenvalue weighted by Crippen LogP contribution is 2.29. The molecule has 0 radical (unpaired) electrons. The van der Waals surface area contributed by atoms with Crippen molar-refractivity contribution in [2.75, 3.05) is 13.1 Å². The van der Waals surface area contributed by atoms with Gasteiger partial charge in [-0.05, 0) is 46.5 Å². The quantitative estimate of drug-likeness (QED) is 0.109. The van der Waals surface area contributed by atoms with Crippen LogP contribution in [0.5, 0.6) is 0 Å². The van der Waals surface area contributed by atoms with Crippen LogP contribution in [0, 0.1) is 22.7 Å². The summed E-state index contributed by atoms with van der Waals surface area (Å²) in [6, 6.07) is 3.87. The Hall–Kier alpha value is -4.53. The number of nitrogens with one attached hydrogen (secondary N) is 5. The highest BCUT2D eigenvalue weighted by atomic mass is 32.1. The molecule has 3 unspecified atom stereocenters. The van der Waals surface area contributed by atoms with Gasteiger partial charge in [0.1, 0.15) is 35.8 Å². The molecule has 3 rings (SSSR count). The number of thiol groups is 1. The topological polar surface area (TPSA) is 191 Å². The zero-order valence-electron chi connectivity index (χ0n) is 37.5. The minimum Gasteiger partial charge on any atom is -0.363 e. The van der Waals surface area contributed by atoms with Gasteiger partial charge in [0.25, 0.3) is 0 Å². The number of carbonyl (C=O) groups is 6. The van der Waals surface area contributed by atoms with E-state index in [9.17, 15) is 28.8 Å². The van der Waals surface area contributed by atoms with E-state index in [1.807, 2.05) is 106 Å². The molecule has 2 aliphatic rings. The van der Waals surface area contributed by atoms with Gasteiger partial charge in [0.05, 0.1) is 18.6 Å². The molecule has 2 saturated heterocycles. The number of benzene rings is 1. The molecule has 15 heteroatoms. The van der Waals surface area contributed by atoms with E-state index in [0.717, 1.165) is 18.4 Å². The van der Waals surface area contributed by atoms with Crippen LogP contribution < -0.4 is 26.6 Å². The summed E-state index contributed by atoms with van der Waals surface area (Å²) in [4.78, 5) is 94.6. The fraction of sp³-hybridized carbons (Fsp3) is 0.644. The maximum absolute atomic E-state index is 14.8. The van der Waals surface area contributed by atoms with Crippen molar-refractivity contribution in [1.82, 2.24) is 31.5 Å². The van der Waals surface area contributed by atoms with Crippen LogP contribution in [0.25, 0.3) is 0 Å². The molecular formula is C45H70N8O6S. The Morgan fingerprint density at radius 1 is 0.967 bits per heavy atom. The summed E-state index contributed by atoms with van der Waals surface area (Å²) in [5.74, 6) is -2.90. The van der Waals surface area contributed by atoms with Crippen molar-refractivity contribution in [2.45, 2.75) is 150 Å². The maximum atomic E-state index is 14.8. The normalized spacial score (nSPS) is 23.5. The predicted octanol–water partition coefficient (Wildman–Crippen LogP) is 4.71. The molecule has 2 aliphatic heterocycles. The van der Waals surface area contributed by atoms with Crippen LogP contribution in [0.3, 0.4) is 0 Å². The standard InChI is InChI=1S/C45H70N8O6S/c1-12-13-19-32(54)24-31(25-46-21-23-60)48-41(57)35(29(5)30-17-15-14-16-18-30)50-43(59)38(45(9,10)11)51-39-37(44(6,7)8)52-40(56)34(27(2)3)49-42(58)36-28(4)20-22-53(36)33(55)26-47-39/h14-18,21,23,25,27-29,31,34-38,60H,12-13,19-20,22,24,26H2,1-11H3,(H,47,51)(H,48,57)(H,49,58)(H,50,59)(H,52,56)/b23-21-,46-25+/t28-,29+,31-,34+,35?,36+,37?,38?/m1/s1. The lowest BCUT2D eigenvalue weighted by Gasteiger charge is -2.38. The van der Waals surface area contributed by atoms with E-state index < -0.39 is 70.7 Å². The first-order valence-electron chi connectivity index (χ1n) is 21.3. The first-order valence-corrected chi connectivity index (χ1v) is 21.8. The second-order valence-corrected chi connectivity index (χ2v) is 19.0. The molecule has 0 saturated carbocycles. The molecule has 0 bridgehead atoms. The van der Waals surface area contributed by atoms with E-state index in [4.69, 9.17) is 4.99 Å².